The van der Waals surface area contributed by atoms with Gasteiger partial charge in [0.15, 0.2) is 0 Å². The molecule has 1 heterocycles. The van der Waals surface area contributed by atoms with Crippen LogP contribution in [0.2, 0.25) is 0 Å². The highest BCUT2D eigenvalue weighted by Gasteiger charge is 2.13. The molecule has 2 heteroatoms. The van der Waals surface area contributed by atoms with Gasteiger partial charge in [0.05, 0.1) is 0 Å². The van der Waals surface area contributed by atoms with Crippen molar-refractivity contribution >= 4 is 10.9 Å². The van der Waals surface area contributed by atoms with E-state index in [0.29, 0.717) is 5.92 Å². The molecule has 1 unspecified atom stereocenters. The van der Waals surface area contributed by atoms with Gasteiger partial charge < -0.3 is 10.1 Å². The average molecular weight is 243 g/mol. The van der Waals surface area contributed by atoms with E-state index >= 15 is 0 Å². The van der Waals surface area contributed by atoms with Crippen LogP contribution < -0.4 is 0 Å². The molecule has 0 amide bonds. The number of rotatable bonds is 3. The summed E-state index contributed by atoms with van der Waals surface area (Å²) >= 11 is 0. The van der Waals surface area contributed by atoms with Crippen molar-refractivity contribution in [2.45, 2.75) is 39.0 Å². The number of aryl methyl sites for hydroxylation is 2. The Morgan fingerprint density at radius 3 is 2.67 bits per heavy atom. The second-order valence-electron chi connectivity index (χ2n) is 5.68. The van der Waals surface area contributed by atoms with Gasteiger partial charge in [0, 0.05) is 23.7 Å². The van der Waals surface area contributed by atoms with Gasteiger partial charge in [-0.3, -0.25) is 0 Å². The van der Waals surface area contributed by atoms with Crippen molar-refractivity contribution in [2.24, 2.45) is 5.92 Å². The molecule has 3 rings (SSSR count). The Balaban J connectivity index is 2.02. The molecule has 1 aliphatic rings. The van der Waals surface area contributed by atoms with Crippen molar-refractivity contribution in [1.29, 1.82) is 0 Å². The van der Waals surface area contributed by atoms with Crippen molar-refractivity contribution in [3.05, 3.63) is 35.0 Å². The summed E-state index contributed by atoms with van der Waals surface area (Å²) in [5.74, 6) is 0.333. The predicted molar refractivity (Wildman–Crippen MR) is 74.9 cm³/mol. The molecule has 1 aliphatic carbocycles. The second kappa shape index (κ2) is 4.77. The molecule has 2 aromatic rings. The maximum absolute atomic E-state index is 9.19. The first-order valence-corrected chi connectivity index (χ1v) is 7.00. The molecular weight excluding hydrogens is 222 g/mol. The zero-order chi connectivity index (χ0) is 12.5. The van der Waals surface area contributed by atoms with E-state index in [9.17, 15) is 5.11 Å². The molecule has 0 aliphatic heterocycles. The third-order valence-electron chi connectivity index (χ3n) is 4.11. The molecule has 2 nitrogen and oxygen atoms in total. The molecule has 0 saturated carbocycles. The fraction of sp³-hybridized carbons (Fsp3) is 0.500. The fourth-order valence-corrected chi connectivity index (χ4v) is 3.02. The summed E-state index contributed by atoms with van der Waals surface area (Å²) in [6, 6.07) is 4.71. The van der Waals surface area contributed by atoms with Crippen LogP contribution in [0.4, 0.5) is 0 Å². The summed E-state index contributed by atoms with van der Waals surface area (Å²) in [6.07, 6.45) is 8.18. The number of fused-ring (bicyclic) bond motifs is 2. The van der Waals surface area contributed by atoms with Crippen LogP contribution in [0.25, 0.3) is 10.9 Å². The van der Waals surface area contributed by atoms with Crippen molar-refractivity contribution in [3.63, 3.8) is 0 Å². The zero-order valence-corrected chi connectivity index (χ0v) is 11.0. The van der Waals surface area contributed by atoms with Crippen LogP contribution in [0.15, 0.2) is 18.3 Å². The minimum absolute atomic E-state index is 0.262. The van der Waals surface area contributed by atoms with E-state index in [-0.39, 0.29) is 6.61 Å². The summed E-state index contributed by atoms with van der Waals surface area (Å²) in [7, 11) is 0. The summed E-state index contributed by atoms with van der Waals surface area (Å²) in [5.41, 5.74) is 5.67. The smallest absolute Gasteiger partial charge is 0.0459 e. The molecule has 96 valence electrons. The summed E-state index contributed by atoms with van der Waals surface area (Å²) in [5, 5.41) is 10.5. The number of nitrogens with one attached hydrogen (secondary N) is 1. The molecule has 0 fully saturated rings. The van der Waals surface area contributed by atoms with Gasteiger partial charge in [-0.2, -0.15) is 0 Å². The third kappa shape index (κ3) is 2.05. The van der Waals surface area contributed by atoms with Gasteiger partial charge in [-0.25, -0.2) is 0 Å². The van der Waals surface area contributed by atoms with Gasteiger partial charge in [0.25, 0.3) is 0 Å². The monoisotopic (exact) mass is 243 g/mol. The average Bonchev–Trinajstić information content (AvgIpc) is 2.78. The van der Waals surface area contributed by atoms with E-state index in [1.165, 1.54) is 53.3 Å². The molecule has 2 N–H and O–H groups in total. The van der Waals surface area contributed by atoms with E-state index in [2.05, 4.69) is 30.2 Å². The third-order valence-corrected chi connectivity index (χ3v) is 4.11. The molecule has 0 bridgehead atoms. The Kier molecular flexibility index (Phi) is 3.13. The lowest BCUT2D eigenvalue weighted by Gasteiger charge is -2.16. The Labute approximate surface area is 108 Å². The summed E-state index contributed by atoms with van der Waals surface area (Å²) < 4.78 is 0. The first-order chi connectivity index (χ1) is 8.78. The zero-order valence-electron chi connectivity index (χ0n) is 11.0. The number of benzene rings is 1. The number of aromatic nitrogens is 1. The Hall–Kier alpha value is -1.28. The fourth-order valence-electron chi connectivity index (χ4n) is 3.02. The second-order valence-corrected chi connectivity index (χ2v) is 5.68. The number of hydrogen-bond acceptors (Lipinski definition) is 1. The van der Waals surface area contributed by atoms with Gasteiger partial charge in [0.1, 0.15) is 0 Å². The van der Waals surface area contributed by atoms with Crippen molar-refractivity contribution in [3.8, 4) is 0 Å². The highest BCUT2D eigenvalue weighted by Crippen LogP contribution is 2.29. The lowest BCUT2D eigenvalue weighted by atomic mass is 9.89. The molecular formula is C16H21NO. The lowest BCUT2D eigenvalue weighted by molar-refractivity contribution is 0.237. The topological polar surface area (TPSA) is 36.0 Å². The van der Waals surface area contributed by atoms with Crippen molar-refractivity contribution in [1.82, 2.24) is 4.98 Å². The molecule has 18 heavy (non-hydrogen) atoms. The Morgan fingerprint density at radius 2 is 1.94 bits per heavy atom. The predicted octanol–water partition coefficient (Wildman–Crippen LogP) is 3.22. The highest BCUT2D eigenvalue weighted by molar-refractivity contribution is 5.85. The normalized spacial score (nSPS) is 16.8. The maximum atomic E-state index is 9.19. The number of H-pyrrole nitrogens is 1. The molecule has 0 radical (unpaired) electrons. The highest BCUT2D eigenvalue weighted by atomic mass is 16.3. The van der Waals surface area contributed by atoms with E-state index in [0.717, 1.165) is 6.42 Å². The van der Waals surface area contributed by atoms with Crippen LogP contribution in [0.5, 0.6) is 0 Å². The van der Waals surface area contributed by atoms with Gasteiger partial charge in [-0.1, -0.05) is 6.92 Å². The summed E-state index contributed by atoms with van der Waals surface area (Å²) in [6.45, 7) is 2.36. The summed E-state index contributed by atoms with van der Waals surface area (Å²) in [4.78, 5) is 3.39. The Bertz CT molecular complexity index is 555. The molecule has 1 aromatic carbocycles. The van der Waals surface area contributed by atoms with Gasteiger partial charge in [-0.05, 0) is 66.8 Å². The van der Waals surface area contributed by atoms with Crippen LogP contribution in [0, 0.1) is 5.92 Å². The minimum atomic E-state index is 0.262. The van der Waals surface area contributed by atoms with Crippen molar-refractivity contribution < 1.29 is 5.11 Å². The minimum Gasteiger partial charge on any atom is -0.396 e. The quantitative estimate of drug-likeness (QED) is 0.853. The number of aromatic amines is 1. The SMILES string of the molecule is CC(CO)Cc1c[nH]c2cc3c(cc12)CCCC3. The Morgan fingerprint density at radius 1 is 1.22 bits per heavy atom. The van der Waals surface area contributed by atoms with E-state index in [1.807, 2.05) is 0 Å². The largest absolute Gasteiger partial charge is 0.396 e. The van der Waals surface area contributed by atoms with Crippen LogP contribution in [-0.2, 0) is 19.3 Å². The first kappa shape index (κ1) is 11.8. The van der Waals surface area contributed by atoms with E-state index < -0.39 is 0 Å². The molecule has 1 atom stereocenters. The standard InChI is InChI=1S/C16H21NO/c1-11(10-18)6-14-9-17-16-8-13-5-3-2-4-12(13)7-15(14)16/h7-9,11,17-18H,2-6,10H2,1H3. The lowest BCUT2D eigenvalue weighted by Crippen LogP contribution is -2.05. The van der Waals surface area contributed by atoms with Gasteiger partial charge in [-0.15, -0.1) is 0 Å². The van der Waals surface area contributed by atoms with Gasteiger partial charge >= 0.3 is 0 Å². The van der Waals surface area contributed by atoms with Crippen LogP contribution >= 0.6 is 0 Å². The van der Waals surface area contributed by atoms with Crippen molar-refractivity contribution in [2.75, 3.05) is 6.61 Å². The van der Waals surface area contributed by atoms with Crippen LogP contribution in [0.1, 0.15) is 36.5 Å². The van der Waals surface area contributed by atoms with E-state index in [4.69, 9.17) is 0 Å². The molecule has 0 spiro atoms. The first-order valence-electron chi connectivity index (χ1n) is 7.00. The number of hydrogen-bond donors (Lipinski definition) is 2. The van der Waals surface area contributed by atoms with Crippen LogP contribution in [0.3, 0.4) is 0 Å². The number of aliphatic hydroxyl groups excluding tert-OH is 1. The van der Waals surface area contributed by atoms with E-state index in [1.54, 1.807) is 0 Å². The number of aliphatic hydroxyl groups is 1. The van der Waals surface area contributed by atoms with Crippen LogP contribution in [-0.4, -0.2) is 16.7 Å². The molecule has 1 aromatic heterocycles. The van der Waals surface area contributed by atoms with Gasteiger partial charge in [0.2, 0.25) is 0 Å². The maximum Gasteiger partial charge on any atom is 0.0459 e. The molecule has 0 saturated heterocycles.